The highest BCUT2D eigenvalue weighted by Gasteiger charge is 2.27. The van der Waals surface area contributed by atoms with Crippen LogP contribution in [-0.4, -0.2) is 18.7 Å². The molecule has 0 spiro atoms. The molecule has 1 atom stereocenters. The molecule has 1 aliphatic heterocycles. The fraction of sp³-hybridized carbons (Fsp3) is 0.636. The van der Waals surface area contributed by atoms with Crippen molar-refractivity contribution in [2.45, 2.75) is 32.0 Å². The highest BCUT2D eigenvalue weighted by molar-refractivity contribution is 9.11. The van der Waals surface area contributed by atoms with Crippen LogP contribution in [0.15, 0.2) is 15.9 Å². The Bertz CT molecular complexity index is 320. The van der Waals surface area contributed by atoms with E-state index in [-0.39, 0.29) is 5.60 Å². The second kappa shape index (κ2) is 4.95. The first kappa shape index (κ1) is 11.6. The molecule has 2 rings (SSSR count). The van der Waals surface area contributed by atoms with Gasteiger partial charge in [0.25, 0.3) is 0 Å². The standard InChI is InChI=1S/C11H16BrNOS/c1-11(5-2-6-13-8-11)14-7-9-3-4-10(12)15-9/h3-4,13H,2,5-8H2,1H3. The Morgan fingerprint density at radius 2 is 2.47 bits per heavy atom. The molecule has 2 heterocycles. The summed E-state index contributed by atoms with van der Waals surface area (Å²) in [7, 11) is 0. The maximum Gasteiger partial charge on any atom is 0.0817 e. The Balaban J connectivity index is 1.86. The SMILES string of the molecule is CC1(OCc2ccc(Br)s2)CCCNC1. The molecular weight excluding hydrogens is 274 g/mol. The van der Waals surface area contributed by atoms with Gasteiger partial charge in [0.05, 0.1) is 16.0 Å². The van der Waals surface area contributed by atoms with Crippen LogP contribution in [0.3, 0.4) is 0 Å². The van der Waals surface area contributed by atoms with Gasteiger partial charge < -0.3 is 10.1 Å². The van der Waals surface area contributed by atoms with Crippen LogP contribution in [0.1, 0.15) is 24.6 Å². The van der Waals surface area contributed by atoms with Crippen molar-refractivity contribution in [1.82, 2.24) is 5.32 Å². The summed E-state index contributed by atoms with van der Waals surface area (Å²) < 4.78 is 7.17. The second-order valence-electron chi connectivity index (χ2n) is 4.22. The summed E-state index contributed by atoms with van der Waals surface area (Å²) in [4.78, 5) is 1.29. The molecule has 1 aromatic heterocycles. The molecule has 1 aliphatic rings. The van der Waals surface area contributed by atoms with Crippen molar-refractivity contribution in [2.75, 3.05) is 13.1 Å². The minimum absolute atomic E-state index is 0.0225. The molecule has 1 aromatic rings. The van der Waals surface area contributed by atoms with Crippen molar-refractivity contribution in [3.63, 3.8) is 0 Å². The average Bonchev–Trinajstić information content (AvgIpc) is 2.63. The van der Waals surface area contributed by atoms with Crippen molar-refractivity contribution < 1.29 is 4.74 Å². The van der Waals surface area contributed by atoms with Gasteiger partial charge in [0.15, 0.2) is 0 Å². The summed E-state index contributed by atoms with van der Waals surface area (Å²) in [6, 6.07) is 4.19. The van der Waals surface area contributed by atoms with Crippen molar-refractivity contribution in [2.24, 2.45) is 0 Å². The molecule has 84 valence electrons. The van der Waals surface area contributed by atoms with Gasteiger partial charge in [-0.3, -0.25) is 0 Å². The number of thiophene rings is 1. The molecule has 0 bridgehead atoms. The van der Waals surface area contributed by atoms with Crippen LogP contribution in [0.4, 0.5) is 0 Å². The van der Waals surface area contributed by atoms with Gasteiger partial charge in [0.1, 0.15) is 0 Å². The number of ether oxygens (including phenoxy) is 1. The highest BCUT2D eigenvalue weighted by atomic mass is 79.9. The van der Waals surface area contributed by atoms with E-state index in [1.54, 1.807) is 11.3 Å². The first-order valence-corrected chi connectivity index (χ1v) is 6.88. The minimum Gasteiger partial charge on any atom is -0.368 e. The summed E-state index contributed by atoms with van der Waals surface area (Å²) >= 11 is 5.21. The third-order valence-electron chi connectivity index (χ3n) is 2.75. The fourth-order valence-electron chi connectivity index (χ4n) is 1.83. The van der Waals surface area contributed by atoms with E-state index in [0.29, 0.717) is 0 Å². The molecule has 15 heavy (non-hydrogen) atoms. The van der Waals surface area contributed by atoms with Gasteiger partial charge in [-0.05, 0) is 54.4 Å². The smallest absolute Gasteiger partial charge is 0.0817 e. The van der Waals surface area contributed by atoms with Crippen LogP contribution < -0.4 is 5.32 Å². The molecule has 2 nitrogen and oxygen atoms in total. The third kappa shape index (κ3) is 3.28. The zero-order valence-corrected chi connectivity index (χ0v) is 11.3. The zero-order valence-electron chi connectivity index (χ0n) is 8.88. The van der Waals surface area contributed by atoms with Crippen LogP contribution in [0.5, 0.6) is 0 Å². The molecule has 0 aliphatic carbocycles. The highest BCUT2D eigenvalue weighted by Crippen LogP contribution is 2.26. The van der Waals surface area contributed by atoms with E-state index in [2.05, 4.69) is 40.3 Å². The van der Waals surface area contributed by atoms with Gasteiger partial charge >= 0.3 is 0 Å². The number of hydrogen-bond acceptors (Lipinski definition) is 3. The average molecular weight is 290 g/mol. The lowest BCUT2D eigenvalue weighted by atomic mass is 9.96. The van der Waals surface area contributed by atoms with E-state index >= 15 is 0 Å². The Morgan fingerprint density at radius 1 is 1.60 bits per heavy atom. The van der Waals surface area contributed by atoms with Gasteiger partial charge in [-0.15, -0.1) is 11.3 Å². The van der Waals surface area contributed by atoms with Crippen molar-refractivity contribution in [3.8, 4) is 0 Å². The lowest BCUT2D eigenvalue weighted by molar-refractivity contribution is -0.0561. The number of hydrogen-bond donors (Lipinski definition) is 1. The summed E-state index contributed by atoms with van der Waals surface area (Å²) in [6.07, 6.45) is 2.37. The van der Waals surface area contributed by atoms with Gasteiger partial charge in [-0.25, -0.2) is 0 Å². The maximum atomic E-state index is 6.00. The number of halogens is 1. The number of rotatable bonds is 3. The van der Waals surface area contributed by atoms with E-state index in [1.165, 1.54) is 15.1 Å². The van der Waals surface area contributed by atoms with Gasteiger partial charge in [0, 0.05) is 11.4 Å². The number of piperidine rings is 1. The molecule has 0 aromatic carbocycles. The van der Waals surface area contributed by atoms with E-state index in [9.17, 15) is 0 Å². The summed E-state index contributed by atoms with van der Waals surface area (Å²) in [5.74, 6) is 0. The summed E-state index contributed by atoms with van der Waals surface area (Å²) in [6.45, 7) is 5.03. The normalized spacial score (nSPS) is 26.8. The van der Waals surface area contributed by atoms with Crippen molar-refractivity contribution in [1.29, 1.82) is 0 Å². The molecule has 0 amide bonds. The van der Waals surface area contributed by atoms with E-state index in [1.807, 2.05) is 0 Å². The predicted octanol–water partition coefficient (Wildman–Crippen LogP) is 3.17. The van der Waals surface area contributed by atoms with Crippen LogP contribution in [0, 0.1) is 0 Å². The van der Waals surface area contributed by atoms with Crippen LogP contribution in [-0.2, 0) is 11.3 Å². The third-order valence-corrected chi connectivity index (χ3v) is 4.35. The Morgan fingerprint density at radius 3 is 3.07 bits per heavy atom. The Hall–Kier alpha value is 0.1000. The monoisotopic (exact) mass is 289 g/mol. The first-order valence-electron chi connectivity index (χ1n) is 5.27. The number of nitrogens with one attached hydrogen (secondary N) is 1. The van der Waals surface area contributed by atoms with Crippen LogP contribution >= 0.6 is 27.3 Å². The quantitative estimate of drug-likeness (QED) is 0.923. The van der Waals surface area contributed by atoms with E-state index in [0.717, 1.165) is 26.1 Å². The van der Waals surface area contributed by atoms with Gasteiger partial charge in [-0.1, -0.05) is 0 Å². The molecule has 1 saturated heterocycles. The van der Waals surface area contributed by atoms with E-state index < -0.39 is 0 Å². The van der Waals surface area contributed by atoms with Crippen LogP contribution in [0.25, 0.3) is 0 Å². The van der Waals surface area contributed by atoms with Crippen LogP contribution in [0.2, 0.25) is 0 Å². The second-order valence-corrected chi connectivity index (χ2v) is 6.77. The zero-order chi connectivity index (χ0) is 10.7. The molecular formula is C11H16BrNOS. The lowest BCUT2D eigenvalue weighted by Crippen LogP contribution is -2.45. The minimum atomic E-state index is 0.0225. The van der Waals surface area contributed by atoms with E-state index in [4.69, 9.17) is 4.74 Å². The lowest BCUT2D eigenvalue weighted by Gasteiger charge is -2.34. The van der Waals surface area contributed by atoms with Gasteiger partial charge in [-0.2, -0.15) is 0 Å². The molecule has 0 saturated carbocycles. The molecule has 4 heteroatoms. The van der Waals surface area contributed by atoms with Crippen molar-refractivity contribution in [3.05, 3.63) is 20.8 Å². The molecule has 1 N–H and O–H groups in total. The summed E-state index contributed by atoms with van der Waals surface area (Å²) in [5.41, 5.74) is 0.0225. The summed E-state index contributed by atoms with van der Waals surface area (Å²) in [5, 5.41) is 3.39. The Labute approximate surface area is 103 Å². The maximum absolute atomic E-state index is 6.00. The molecule has 1 fully saturated rings. The largest absolute Gasteiger partial charge is 0.368 e. The topological polar surface area (TPSA) is 21.3 Å². The Kier molecular flexibility index (Phi) is 3.83. The van der Waals surface area contributed by atoms with Crippen molar-refractivity contribution >= 4 is 27.3 Å². The van der Waals surface area contributed by atoms with Gasteiger partial charge in [0.2, 0.25) is 0 Å². The predicted molar refractivity (Wildman–Crippen MR) is 67.3 cm³/mol. The molecule has 1 unspecified atom stereocenters. The fourth-order valence-corrected chi connectivity index (χ4v) is 3.22. The molecule has 0 radical (unpaired) electrons. The first-order chi connectivity index (χ1) is 7.18.